The zero-order valence-corrected chi connectivity index (χ0v) is 22.6. The van der Waals surface area contributed by atoms with Crippen LogP contribution in [0.5, 0.6) is 0 Å². The lowest BCUT2D eigenvalue weighted by molar-refractivity contribution is -0.137. The predicted octanol–water partition coefficient (Wildman–Crippen LogP) is 3.35. The molecule has 216 valence electrons. The highest BCUT2D eigenvalue weighted by Gasteiger charge is 2.62. The van der Waals surface area contributed by atoms with Gasteiger partial charge >= 0.3 is 23.9 Å². The van der Waals surface area contributed by atoms with Gasteiger partial charge in [0.15, 0.2) is 17.9 Å². The summed E-state index contributed by atoms with van der Waals surface area (Å²) < 4.78 is 23.7. The van der Waals surface area contributed by atoms with Crippen LogP contribution in [0.25, 0.3) is 0 Å². The van der Waals surface area contributed by atoms with E-state index in [0.717, 1.165) is 0 Å². The lowest BCUT2D eigenvalue weighted by atomic mass is 9.94. The van der Waals surface area contributed by atoms with Crippen LogP contribution in [-0.2, 0) is 23.7 Å². The molecular formula is C31H28N2O9. The number of amides is 3. The molecule has 0 radical (unpaired) electrons. The van der Waals surface area contributed by atoms with Crippen molar-refractivity contribution < 1.29 is 42.9 Å². The highest BCUT2D eigenvalue weighted by molar-refractivity contribution is 5.97. The highest BCUT2D eigenvalue weighted by atomic mass is 16.7. The van der Waals surface area contributed by atoms with E-state index in [1.165, 1.54) is 11.8 Å². The maximum atomic E-state index is 13.4. The van der Waals surface area contributed by atoms with Gasteiger partial charge in [0.2, 0.25) is 5.91 Å². The standard InChI is InChI=1S/C31H28N2O9/c1-31(42-28(37)22-15-9-4-10-16-22)25(41-27(36)21-13-7-3-8-14-21)23(19-39-26(35)20-11-5-2-6-12-20)40-29(31)33-18-17-24(34)32-30(33)38/h2-16,23,25,29H,17-19H2,1H3,(H,32,34,38)/t23-,25-,29-,31-/m1/s1. The quantitative estimate of drug-likeness (QED) is 0.318. The van der Waals surface area contributed by atoms with E-state index in [1.807, 2.05) is 0 Å². The van der Waals surface area contributed by atoms with E-state index >= 15 is 0 Å². The van der Waals surface area contributed by atoms with Crippen LogP contribution < -0.4 is 5.32 Å². The lowest BCUT2D eigenvalue weighted by Crippen LogP contribution is -2.62. The lowest BCUT2D eigenvalue weighted by Gasteiger charge is -2.40. The zero-order chi connectivity index (χ0) is 29.7. The molecule has 0 saturated carbocycles. The Bertz CT molecular complexity index is 1470. The second kappa shape index (κ2) is 12.2. The minimum absolute atomic E-state index is 0.0313. The van der Waals surface area contributed by atoms with Crippen LogP contribution in [0.4, 0.5) is 4.79 Å². The van der Waals surface area contributed by atoms with E-state index in [1.54, 1.807) is 91.0 Å². The third-order valence-electron chi connectivity index (χ3n) is 7.02. The van der Waals surface area contributed by atoms with E-state index in [0.29, 0.717) is 0 Å². The van der Waals surface area contributed by atoms with Crippen molar-refractivity contribution in [3.8, 4) is 0 Å². The largest absolute Gasteiger partial charge is 0.459 e. The second-order valence-electron chi connectivity index (χ2n) is 9.92. The van der Waals surface area contributed by atoms with Gasteiger partial charge in [-0.3, -0.25) is 15.0 Å². The third-order valence-corrected chi connectivity index (χ3v) is 7.02. The average Bonchev–Trinajstić information content (AvgIpc) is 3.27. The molecule has 3 aromatic rings. The molecule has 0 unspecified atom stereocenters. The van der Waals surface area contributed by atoms with Crippen LogP contribution in [0.2, 0.25) is 0 Å². The number of rotatable bonds is 8. The van der Waals surface area contributed by atoms with Gasteiger partial charge in [0.25, 0.3) is 0 Å². The Balaban J connectivity index is 1.50. The van der Waals surface area contributed by atoms with Gasteiger partial charge in [-0.25, -0.2) is 19.2 Å². The fourth-order valence-corrected chi connectivity index (χ4v) is 4.90. The average molecular weight is 573 g/mol. The molecule has 1 N–H and O–H groups in total. The van der Waals surface area contributed by atoms with Gasteiger partial charge in [-0.15, -0.1) is 0 Å². The van der Waals surface area contributed by atoms with Gasteiger partial charge in [0, 0.05) is 13.0 Å². The molecule has 3 aromatic carbocycles. The second-order valence-corrected chi connectivity index (χ2v) is 9.92. The molecule has 0 spiro atoms. The van der Waals surface area contributed by atoms with Crippen LogP contribution in [0.3, 0.4) is 0 Å². The minimum Gasteiger partial charge on any atom is -0.459 e. The first-order valence-corrected chi connectivity index (χ1v) is 13.3. The Kier molecular flexibility index (Phi) is 8.30. The number of benzene rings is 3. The number of carbonyl (C=O) groups is 5. The van der Waals surface area contributed by atoms with Gasteiger partial charge in [-0.2, -0.15) is 0 Å². The van der Waals surface area contributed by atoms with Crippen LogP contribution >= 0.6 is 0 Å². The first-order chi connectivity index (χ1) is 20.3. The van der Waals surface area contributed by atoms with Gasteiger partial charge in [-0.05, 0) is 43.3 Å². The van der Waals surface area contributed by atoms with E-state index in [2.05, 4.69) is 5.32 Å². The van der Waals surface area contributed by atoms with Crippen molar-refractivity contribution in [1.82, 2.24) is 10.2 Å². The Hall–Kier alpha value is -5.03. The summed E-state index contributed by atoms with van der Waals surface area (Å²) in [7, 11) is 0. The Morgan fingerprint density at radius 2 is 1.36 bits per heavy atom. The normalized spacial score (nSPS) is 23.5. The number of esters is 3. The van der Waals surface area contributed by atoms with Crippen molar-refractivity contribution >= 4 is 29.8 Å². The fourth-order valence-electron chi connectivity index (χ4n) is 4.90. The number of nitrogens with zero attached hydrogens (tertiary/aromatic N) is 1. The summed E-state index contributed by atoms with van der Waals surface area (Å²) in [6, 6.07) is 23.8. The van der Waals surface area contributed by atoms with E-state index in [-0.39, 0.29) is 29.7 Å². The molecule has 2 aliphatic heterocycles. The highest BCUT2D eigenvalue weighted by Crippen LogP contribution is 2.40. The molecule has 0 bridgehead atoms. The number of hydrogen-bond donors (Lipinski definition) is 1. The van der Waals surface area contributed by atoms with Crippen LogP contribution in [0, 0.1) is 0 Å². The molecular weight excluding hydrogens is 544 g/mol. The van der Waals surface area contributed by atoms with Gasteiger partial charge in [0.05, 0.1) is 16.7 Å². The summed E-state index contributed by atoms with van der Waals surface area (Å²) in [5, 5.41) is 2.23. The number of carbonyl (C=O) groups excluding carboxylic acids is 5. The van der Waals surface area contributed by atoms with E-state index in [4.69, 9.17) is 18.9 Å². The zero-order valence-electron chi connectivity index (χ0n) is 22.6. The molecule has 2 saturated heterocycles. The van der Waals surface area contributed by atoms with Crippen molar-refractivity contribution in [2.45, 2.75) is 37.4 Å². The fraction of sp³-hybridized carbons (Fsp3) is 0.258. The van der Waals surface area contributed by atoms with Crippen LogP contribution in [-0.4, -0.2) is 71.9 Å². The Morgan fingerprint density at radius 3 is 1.90 bits per heavy atom. The number of ether oxygens (including phenoxy) is 4. The number of hydrogen-bond acceptors (Lipinski definition) is 9. The summed E-state index contributed by atoms with van der Waals surface area (Å²) in [4.78, 5) is 65.4. The van der Waals surface area contributed by atoms with Gasteiger partial charge < -0.3 is 18.9 Å². The maximum absolute atomic E-state index is 13.4. The molecule has 0 aromatic heterocycles. The molecule has 42 heavy (non-hydrogen) atoms. The van der Waals surface area contributed by atoms with Crippen molar-refractivity contribution in [3.63, 3.8) is 0 Å². The molecule has 11 nitrogen and oxygen atoms in total. The summed E-state index contributed by atoms with van der Waals surface area (Å²) in [6.45, 7) is 1.03. The topological polar surface area (TPSA) is 138 Å². The van der Waals surface area contributed by atoms with Crippen molar-refractivity contribution in [2.24, 2.45) is 0 Å². The molecule has 3 amide bonds. The number of nitrogens with one attached hydrogen (secondary N) is 1. The summed E-state index contributed by atoms with van der Waals surface area (Å²) in [5.74, 6) is -2.63. The molecule has 2 aliphatic rings. The first-order valence-electron chi connectivity index (χ1n) is 13.3. The third kappa shape index (κ3) is 6.01. The predicted molar refractivity (Wildman–Crippen MR) is 146 cm³/mol. The van der Waals surface area contributed by atoms with Crippen molar-refractivity contribution in [3.05, 3.63) is 108 Å². The minimum atomic E-state index is -1.79. The van der Waals surface area contributed by atoms with Gasteiger partial charge in [-0.1, -0.05) is 54.6 Å². The molecule has 11 heteroatoms. The SMILES string of the molecule is C[C@@]1(OC(=O)c2ccccc2)[C@H](OC(=O)c2ccccc2)[C@@H](COC(=O)c2ccccc2)O[C@H]1N1CCC(=O)NC1=O. The number of imide groups is 1. The van der Waals surface area contributed by atoms with Crippen LogP contribution in [0.15, 0.2) is 91.0 Å². The van der Waals surface area contributed by atoms with E-state index < -0.39 is 60.5 Å². The molecule has 5 rings (SSSR count). The smallest absolute Gasteiger partial charge is 0.338 e. The first kappa shape index (κ1) is 28.5. The molecule has 0 aliphatic carbocycles. The van der Waals surface area contributed by atoms with Crippen molar-refractivity contribution in [1.29, 1.82) is 0 Å². The monoisotopic (exact) mass is 572 g/mol. The summed E-state index contributed by atoms with van der Waals surface area (Å²) >= 11 is 0. The Morgan fingerprint density at radius 1 is 0.833 bits per heavy atom. The molecule has 2 heterocycles. The van der Waals surface area contributed by atoms with Gasteiger partial charge in [0.1, 0.15) is 12.7 Å². The molecule has 4 atom stereocenters. The Labute approximate surface area is 241 Å². The van der Waals surface area contributed by atoms with Crippen molar-refractivity contribution in [2.75, 3.05) is 13.2 Å². The van der Waals surface area contributed by atoms with E-state index in [9.17, 15) is 24.0 Å². The molecule has 2 fully saturated rings. The van der Waals surface area contributed by atoms with Crippen LogP contribution in [0.1, 0.15) is 44.4 Å². The number of urea groups is 1. The maximum Gasteiger partial charge on any atom is 0.338 e. The summed E-state index contributed by atoms with van der Waals surface area (Å²) in [5.41, 5.74) is -1.07. The summed E-state index contributed by atoms with van der Waals surface area (Å²) in [6.07, 6.45) is -3.84.